The van der Waals surface area contributed by atoms with Gasteiger partial charge in [-0.05, 0) is 48.6 Å². The van der Waals surface area contributed by atoms with E-state index in [4.69, 9.17) is 4.84 Å². The molecule has 1 N–H and O–H groups in total. The predicted molar refractivity (Wildman–Crippen MR) is 104 cm³/mol. The van der Waals surface area contributed by atoms with Crippen molar-refractivity contribution < 1.29 is 18.0 Å². The first-order chi connectivity index (χ1) is 13.4. The maximum absolute atomic E-state index is 13.0. The van der Waals surface area contributed by atoms with Crippen LogP contribution in [0.1, 0.15) is 39.5 Å². The third kappa shape index (κ3) is 4.61. The van der Waals surface area contributed by atoms with Crippen LogP contribution < -0.4 is 10.2 Å². The molecule has 28 heavy (non-hydrogen) atoms. The van der Waals surface area contributed by atoms with Crippen LogP contribution in [-0.4, -0.2) is 60.0 Å². The second-order valence-corrected chi connectivity index (χ2v) is 9.14. The average Bonchev–Trinajstić information content (AvgIpc) is 3.09. The summed E-state index contributed by atoms with van der Waals surface area (Å²) in [5, 5.41) is 10.6. The Morgan fingerprint density at radius 1 is 1.39 bits per heavy atom. The molecule has 1 aliphatic heterocycles. The molecule has 2 heterocycles. The SMILES string of the molecule is CCCCNC(=O)COn1nnc2ccc(S(=O)(=O)N3CCC[C@H](C)C3)cc21. The molecule has 9 nitrogen and oxygen atoms in total. The van der Waals surface area contributed by atoms with E-state index in [1.54, 1.807) is 6.07 Å². The normalized spacial score (nSPS) is 18.3. The van der Waals surface area contributed by atoms with Crippen molar-refractivity contribution in [2.45, 2.75) is 44.4 Å². The van der Waals surface area contributed by atoms with Crippen LogP contribution in [0.15, 0.2) is 23.1 Å². The zero-order chi connectivity index (χ0) is 20.1. The smallest absolute Gasteiger partial charge is 0.260 e. The molecule has 2 aromatic rings. The Labute approximate surface area is 165 Å². The van der Waals surface area contributed by atoms with Crippen molar-refractivity contribution in [1.29, 1.82) is 0 Å². The number of hydrogen-bond acceptors (Lipinski definition) is 6. The zero-order valence-electron chi connectivity index (χ0n) is 16.3. The van der Waals surface area contributed by atoms with Gasteiger partial charge in [0.1, 0.15) is 11.0 Å². The van der Waals surface area contributed by atoms with E-state index in [-0.39, 0.29) is 17.4 Å². The number of carbonyl (C=O) groups excluding carboxylic acids is 1. The summed E-state index contributed by atoms with van der Waals surface area (Å²) >= 11 is 0. The molecule has 10 heteroatoms. The van der Waals surface area contributed by atoms with Crippen molar-refractivity contribution in [2.75, 3.05) is 26.2 Å². The lowest BCUT2D eigenvalue weighted by Crippen LogP contribution is -2.39. The van der Waals surface area contributed by atoms with E-state index in [9.17, 15) is 13.2 Å². The maximum atomic E-state index is 13.0. The molecule has 1 aromatic carbocycles. The maximum Gasteiger partial charge on any atom is 0.260 e. The summed E-state index contributed by atoms with van der Waals surface area (Å²) in [5.41, 5.74) is 0.907. The van der Waals surface area contributed by atoms with Gasteiger partial charge in [0.2, 0.25) is 10.0 Å². The van der Waals surface area contributed by atoms with Crippen LogP contribution in [0.3, 0.4) is 0 Å². The molecule has 1 fully saturated rings. The van der Waals surface area contributed by atoms with E-state index >= 15 is 0 Å². The quantitative estimate of drug-likeness (QED) is 0.657. The second-order valence-electron chi connectivity index (χ2n) is 7.20. The van der Waals surface area contributed by atoms with Crippen molar-refractivity contribution in [1.82, 2.24) is 24.8 Å². The van der Waals surface area contributed by atoms with Crippen LogP contribution in [0.2, 0.25) is 0 Å². The van der Waals surface area contributed by atoms with Gasteiger partial charge in [0.25, 0.3) is 5.91 Å². The van der Waals surface area contributed by atoms with Crippen molar-refractivity contribution in [2.24, 2.45) is 5.92 Å². The highest BCUT2D eigenvalue weighted by Crippen LogP contribution is 2.25. The first-order valence-corrected chi connectivity index (χ1v) is 11.1. The topological polar surface area (TPSA) is 106 Å². The van der Waals surface area contributed by atoms with Gasteiger partial charge in [-0.15, -0.1) is 5.10 Å². The number of benzene rings is 1. The van der Waals surface area contributed by atoms with Crippen LogP contribution in [-0.2, 0) is 14.8 Å². The van der Waals surface area contributed by atoms with Crippen LogP contribution >= 0.6 is 0 Å². The monoisotopic (exact) mass is 409 g/mol. The summed E-state index contributed by atoms with van der Waals surface area (Å²) in [6.07, 6.45) is 3.78. The summed E-state index contributed by atoms with van der Waals surface area (Å²) in [6, 6.07) is 4.64. The highest BCUT2D eigenvalue weighted by molar-refractivity contribution is 7.89. The Morgan fingerprint density at radius 2 is 2.21 bits per heavy atom. The molecular weight excluding hydrogens is 382 g/mol. The fourth-order valence-corrected chi connectivity index (χ4v) is 4.84. The molecule has 0 bridgehead atoms. The van der Waals surface area contributed by atoms with Crippen LogP contribution in [0.25, 0.3) is 11.0 Å². The minimum absolute atomic E-state index is 0.175. The molecule has 0 spiro atoms. The lowest BCUT2D eigenvalue weighted by atomic mass is 10.0. The standard InChI is InChI=1S/C18H27N5O4S/c1-3-4-9-19-18(24)13-27-23-17-11-15(7-8-16(17)20-21-23)28(25,26)22-10-5-6-14(2)12-22/h7-8,11,14H,3-6,9-10,12-13H2,1-2H3,(H,19,24)/t14-/m0/s1. The zero-order valence-corrected chi connectivity index (χ0v) is 17.1. The Balaban J connectivity index is 1.75. The van der Waals surface area contributed by atoms with Crippen molar-refractivity contribution in [3.05, 3.63) is 18.2 Å². The number of sulfonamides is 1. The summed E-state index contributed by atoms with van der Waals surface area (Å²) in [6.45, 7) is 5.52. The van der Waals surface area contributed by atoms with Crippen LogP contribution in [0.4, 0.5) is 0 Å². The lowest BCUT2D eigenvalue weighted by Gasteiger charge is -2.30. The van der Waals surface area contributed by atoms with Gasteiger partial charge in [-0.2, -0.15) is 4.31 Å². The van der Waals surface area contributed by atoms with Crippen molar-refractivity contribution >= 4 is 27.0 Å². The first kappa shape index (κ1) is 20.5. The first-order valence-electron chi connectivity index (χ1n) is 9.67. The van der Waals surface area contributed by atoms with Gasteiger partial charge in [0, 0.05) is 19.6 Å². The summed E-state index contributed by atoms with van der Waals surface area (Å²) in [7, 11) is -3.60. The number of rotatable bonds is 8. The average molecular weight is 410 g/mol. The van der Waals surface area contributed by atoms with E-state index in [1.807, 2.05) is 6.92 Å². The largest absolute Gasteiger partial charge is 0.385 e. The van der Waals surface area contributed by atoms with E-state index in [1.165, 1.54) is 16.4 Å². The minimum Gasteiger partial charge on any atom is -0.385 e. The molecule has 1 atom stereocenters. The number of carbonyl (C=O) groups is 1. The Morgan fingerprint density at radius 3 is 2.96 bits per heavy atom. The van der Waals surface area contributed by atoms with Crippen LogP contribution in [0.5, 0.6) is 0 Å². The van der Waals surface area contributed by atoms with E-state index < -0.39 is 10.0 Å². The molecular formula is C18H27N5O4S. The van der Waals surface area contributed by atoms with Gasteiger partial charge in [-0.1, -0.05) is 25.1 Å². The van der Waals surface area contributed by atoms with Crippen molar-refractivity contribution in [3.63, 3.8) is 0 Å². The molecule has 154 valence electrons. The summed E-state index contributed by atoms with van der Waals surface area (Å²) < 4.78 is 27.5. The highest BCUT2D eigenvalue weighted by atomic mass is 32.2. The lowest BCUT2D eigenvalue weighted by molar-refractivity contribution is -0.126. The molecule has 0 aliphatic carbocycles. The number of amides is 1. The molecule has 0 saturated carbocycles. The minimum atomic E-state index is -3.60. The summed E-state index contributed by atoms with van der Waals surface area (Å²) in [5.74, 6) is 0.0807. The molecule has 0 radical (unpaired) electrons. The van der Waals surface area contributed by atoms with Crippen molar-refractivity contribution in [3.8, 4) is 0 Å². The number of unbranched alkanes of at least 4 members (excludes halogenated alkanes) is 1. The molecule has 1 aliphatic rings. The van der Waals surface area contributed by atoms with E-state index in [2.05, 4.69) is 22.6 Å². The molecule has 3 rings (SSSR count). The Hall–Kier alpha value is -2.20. The van der Waals surface area contributed by atoms with Gasteiger partial charge in [-0.3, -0.25) is 4.79 Å². The third-order valence-corrected chi connectivity index (χ3v) is 6.68. The van der Waals surface area contributed by atoms with Gasteiger partial charge < -0.3 is 10.2 Å². The molecule has 1 aromatic heterocycles. The van der Waals surface area contributed by atoms with Gasteiger partial charge in [-0.25, -0.2) is 8.42 Å². The fraction of sp³-hybridized carbons (Fsp3) is 0.611. The Kier molecular flexibility index (Phi) is 6.50. The predicted octanol–water partition coefficient (Wildman–Crippen LogP) is 1.20. The number of fused-ring (bicyclic) bond motifs is 1. The number of hydrogen-bond donors (Lipinski definition) is 1. The number of piperidine rings is 1. The Bertz CT molecular complexity index is 927. The van der Waals surface area contributed by atoms with Crippen LogP contribution in [0, 0.1) is 5.92 Å². The molecule has 1 saturated heterocycles. The van der Waals surface area contributed by atoms with E-state index in [0.717, 1.165) is 30.5 Å². The third-order valence-electron chi connectivity index (χ3n) is 4.81. The number of aromatic nitrogens is 3. The number of nitrogens with zero attached hydrogens (tertiary/aromatic N) is 4. The second kappa shape index (κ2) is 8.87. The van der Waals surface area contributed by atoms with Gasteiger partial charge in [0.15, 0.2) is 6.61 Å². The summed E-state index contributed by atoms with van der Waals surface area (Å²) in [4.78, 5) is 18.5. The van der Waals surface area contributed by atoms with Gasteiger partial charge in [0.05, 0.1) is 4.90 Å². The fourth-order valence-electron chi connectivity index (χ4n) is 3.22. The highest BCUT2D eigenvalue weighted by Gasteiger charge is 2.29. The molecule has 0 unspecified atom stereocenters. The van der Waals surface area contributed by atoms with E-state index in [0.29, 0.717) is 36.6 Å². The molecule has 1 amide bonds. The number of nitrogens with one attached hydrogen (secondary N) is 1. The van der Waals surface area contributed by atoms with Gasteiger partial charge >= 0.3 is 0 Å².